The molecule has 0 aliphatic rings. The number of hydrogen-bond acceptors (Lipinski definition) is 3. The average molecular weight is 284 g/mol. The number of amides is 1. The highest BCUT2D eigenvalue weighted by molar-refractivity contribution is 6.04. The van der Waals surface area contributed by atoms with Crippen LogP contribution < -0.4 is 5.32 Å². The fourth-order valence-electron chi connectivity index (χ4n) is 2.24. The van der Waals surface area contributed by atoms with E-state index < -0.39 is 11.9 Å². The maximum atomic E-state index is 12.2. The Morgan fingerprint density at radius 3 is 2.19 bits per heavy atom. The lowest BCUT2D eigenvalue weighted by molar-refractivity contribution is 0.0690. The summed E-state index contributed by atoms with van der Waals surface area (Å²) in [5.74, 6) is -1.58. The second-order valence-electron chi connectivity index (χ2n) is 4.94. The predicted octanol–water partition coefficient (Wildman–Crippen LogP) is 2.96. The molecule has 0 spiro atoms. The van der Waals surface area contributed by atoms with Crippen molar-refractivity contribution in [2.45, 2.75) is 20.8 Å². The predicted molar refractivity (Wildman–Crippen MR) is 79.8 cm³/mol. The molecule has 0 bridgehead atoms. The van der Waals surface area contributed by atoms with Crippen molar-refractivity contribution in [3.05, 3.63) is 58.4 Å². The molecular formula is C16H16N2O3. The quantitative estimate of drug-likeness (QED) is 0.908. The van der Waals surface area contributed by atoms with E-state index in [1.807, 2.05) is 32.9 Å². The number of nitrogens with one attached hydrogen (secondary N) is 1. The van der Waals surface area contributed by atoms with Crippen molar-refractivity contribution >= 4 is 17.6 Å². The lowest BCUT2D eigenvalue weighted by Crippen LogP contribution is -2.17. The number of aryl methyl sites for hydroxylation is 3. The summed E-state index contributed by atoms with van der Waals surface area (Å²) in [7, 11) is 0. The normalized spacial score (nSPS) is 10.2. The second-order valence-corrected chi connectivity index (χ2v) is 4.94. The zero-order valence-corrected chi connectivity index (χ0v) is 12.1. The van der Waals surface area contributed by atoms with Gasteiger partial charge in [0.15, 0.2) is 0 Å². The SMILES string of the molecule is Cc1cc(C)c(NC(=O)c2cccc(C(=O)O)n2)c(C)c1. The number of carbonyl (C=O) groups excluding carboxylic acids is 1. The number of pyridine rings is 1. The molecule has 0 atom stereocenters. The molecule has 0 saturated heterocycles. The van der Waals surface area contributed by atoms with Crippen molar-refractivity contribution in [1.29, 1.82) is 0 Å². The molecule has 0 saturated carbocycles. The number of hydrogen-bond donors (Lipinski definition) is 2. The summed E-state index contributed by atoms with van der Waals surface area (Å²) in [5, 5.41) is 11.7. The summed E-state index contributed by atoms with van der Waals surface area (Å²) < 4.78 is 0. The first-order chi connectivity index (χ1) is 9.88. The first-order valence-electron chi connectivity index (χ1n) is 6.48. The molecule has 1 heterocycles. The van der Waals surface area contributed by atoms with Crippen LogP contribution in [0.1, 0.15) is 37.7 Å². The Kier molecular flexibility index (Phi) is 4.03. The van der Waals surface area contributed by atoms with Gasteiger partial charge in [-0.25, -0.2) is 9.78 Å². The second kappa shape index (κ2) is 5.75. The van der Waals surface area contributed by atoms with Gasteiger partial charge in [0, 0.05) is 5.69 Å². The largest absolute Gasteiger partial charge is 0.477 e. The summed E-state index contributed by atoms with van der Waals surface area (Å²) >= 11 is 0. The molecular weight excluding hydrogens is 268 g/mol. The molecule has 2 N–H and O–H groups in total. The van der Waals surface area contributed by atoms with Gasteiger partial charge < -0.3 is 10.4 Å². The van der Waals surface area contributed by atoms with Crippen molar-refractivity contribution in [3.63, 3.8) is 0 Å². The third-order valence-electron chi connectivity index (χ3n) is 3.12. The summed E-state index contributed by atoms with van der Waals surface area (Å²) in [6, 6.07) is 8.29. The lowest BCUT2D eigenvalue weighted by Gasteiger charge is -2.12. The van der Waals surface area contributed by atoms with Crippen molar-refractivity contribution in [2.24, 2.45) is 0 Å². The Balaban J connectivity index is 2.30. The topological polar surface area (TPSA) is 79.3 Å². The van der Waals surface area contributed by atoms with Crippen molar-refractivity contribution in [2.75, 3.05) is 5.32 Å². The lowest BCUT2D eigenvalue weighted by atomic mass is 10.0. The van der Waals surface area contributed by atoms with E-state index in [1.54, 1.807) is 0 Å². The number of benzene rings is 1. The van der Waals surface area contributed by atoms with Crippen molar-refractivity contribution < 1.29 is 14.7 Å². The highest BCUT2D eigenvalue weighted by Crippen LogP contribution is 2.22. The Hall–Kier alpha value is -2.69. The molecule has 0 aliphatic carbocycles. The molecule has 2 rings (SSSR count). The monoisotopic (exact) mass is 284 g/mol. The Morgan fingerprint density at radius 1 is 1.05 bits per heavy atom. The molecule has 1 aromatic carbocycles. The summed E-state index contributed by atoms with van der Waals surface area (Å²) in [6.45, 7) is 5.82. The highest BCUT2D eigenvalue weighted by Gasteiger charge is 2.13. The van der Waals surface area contributed by atoms with Crippen LogP contribution in [0.5, 0.6) is 0 Å². The molecule has 21 heavy (non-hydrogen) atoms. The standard InChI is InChI=1S/C16H16N2O3/c1-9-7-10(2)14(11(3)8-9)18-15(19)12-5-4-6-13(17-12)16(20)21/h4-8H,1-3H3,(H,18,19)(H,20,21). The van der Waals surface area contributed by atoms with Crippen LogP contribution in [-0.4, -0.2) is 22.0 Å². The van der Waals surface area contributed by atoms with Crippen LogP contribution in [0.15, 0.2) is 30.3 Å². The maximum absolute atomic E-state index is 12.2. The van der Waals surface area contributed by atoms with Gasteiger partial charge >= 0.3 is 5.97 Å². The number of aromatic nitrogens is 1. The molecule has 5 nitrogen and oxygen atoms in total. The molecule has 0 fully saturated rings. The molecule has 0 radical (unpaired) electrons. The van der Waals surface area contributed by atoms with E-state index in [4.69, 9.17) is 5.11 Å². The minimum Gasteiger partial charge on any atom is -0.477 e. The number of carbonyl (C=O) groups is 2. The van der Waals surface area contributed by atoms with Crippen LogP contribution in [0.2, 0.25) is 0 Å². The van der Waals surface area contributed by atoms with E-state index >= 15 is 0 Å². The van der Waals surface area contributed by atoms with Gasteiger partial charge in [-0.1, -0.05) is 23.8 Å². The van der Waals surface area contributed by atoms with Crippen molar-refractivity contribution in [1.82, 2.24) is 4.98 Å². The first kappa shape index (κ1) is 14.7. The fourth-order valence-corrected chi connectivity index (χ4v) is 2.24. The number of aromatic carboxylic acids is 1. The molecule has 1 aromatic heterocycles. The molecule has 108 valence electrons. The van der Waals surface area contributed by atoms with Gasteiger partial charge in [-0.05, 0) is 44.0 Å². The third-order valence-corrected chi connectivity index (χ3v) is 3.12. The van der Waals surface area contributed by atoms with Crippen LogP contribution in [0.25, 0.3) is 0 Å². The summed E-state index contributed by atoms with van der Waals surface area (Å²) in [5.41, 5.74) is 3.68. The van der Waals surface area contributed by atoms with Crippen LogP contribution >= 0.6 is 0 Å². The molecule has 1 amide bonds. The smallest absolute Gasteiger partial charge is 0.354 e. The number of nitrogens with zero attached hydrogens (tertiary/aromatic N) is 1. The highest BCUT2D eigenvalue weighted by atomic mass is 16.4. The summed E-state index contributed by atoms with van der Waals surface area (Å²) in [6.07, 6.45) is 0. The van der Waals surface area contributed by atoms with E-state index in [1.165, 1.54) is 18.2 Å². The van der Waals surface area contributed by atoms with E-state index in [2.05, 4.69) is 10.3 Å². The van der Waals surface area contributed by atoms with Gasteiger partial charge in [0.2, 0.25) is 0 Å². The zero-order valence-electron chi connectivity index (χ0n) is 12.1. The zero-order chi connectivity index (χ0) is 15.6. The first-order valence-corrected chi connectivity index (χ1v) is 6.48. The number of anilines is 1. The van der Waals surface area contributed by atoms with E-state index in [9.17, 15) is 9.59 Å². The average Bonchev–Trinajstić information content (AvgIpc) is 2.42. The third kappa shape index (κ3) is 3.25. The van der Waals surface area contributed by atoms with E-state index in [0.717, 1.165) is 22.4 Å². The van der Waals surface area contributed by atoms with Crippen LogP contribution in [-0.2, 0) is 0 Å². The van der Waals surface area contributed by atoms with Gasteiger partial charge in [-0.15, -0.1) is 0 Å². The fraction of sp³-hybridized carbons (Fsp3) is 0.188. The van der Waals surface area contributed by atoms with Gasteiger partial charge in [-0.3, -0.25) is 4.79 Å². The van der Waals surface area contributed by atoms with E-state index in [0.29, 0.717) is 0 Å². The minimum absolute atomic E-state index is 0.0780. The Labute approximate surface area is 122 Å². The number of carboxylic acid groups (broad SMARTS) is 1. The number of carboxylic acids is 1. The molecule has 2 aromatic rings. The van der Waals surface area contributed by atoms with Gasteiger partial charge in [0.25, 0.3) is 5.91 Å². The van der Waals surface area contributed by atoms with Gasteiger partial charge in [0.1, 0.15) is 11.4 Å². The molecule has 0 aliphatic heterocycles. The van der Waals surface area contributed by atoms with Gasteiger partial charge in [0.05, 0.1) is 0 Å². The van der Waals surface area contributed by atoms with Crippen LogP contribution in [0.4, 0.5) is 5.69 Å². The summed E-state index contributed by atoms with van der Waals surface area (Å²) in [4.78, 5) is 26.9. The minimum atomic E-state index is -1.16. The van der Waals surface area contributed by atoms with E-state index in [-0.39, 0.29) is 11.4 Å². The Morgan fingerprint density at radius 2 is 1.62 bits per heavy atom. The number of rotatable bonds is 3. The van der Waals surface area contributed by atoms with Crippen molar-refractivity contribution in [3.8, 4) is 0 Å². The van der Waals surface area contributed by atoms with Crippen LogP contribution in [0.3, 0.4) is 0 Å². The van der Waals surface area contributed by atoms with Crippen LogP contribution in [0, 0.1) is 20.8 Å². The Bertz CT molecular complexity index is 700. The maximum Gasteiger partial charge on any atom is 0.354 e. The molecule has 0 unspecified atom stereocenters. The van der Waals surface area contributed by atoms with Gasteiger partial charge in [-0.2, -0.15) is 0 Å². The molecule has 5 heteroatoms.